The number of amides is 2. The molecule has 2 aliphatic rings. The van der Waals surface area contributed by atoms with Crippen molar-refractivity contribution in [2.45, 2.75) is 37.4 Å². The first-order valence-electron chi connectivity index (χ1n) is 9.97. The number of carbonyl (C=O) groups excluding carboxylic acids is 2. The highest BCUT2D eigenvalue weighted by Gasteiger charge is 2.43. The molecule has 0 bridgehead atoms. The summed E-state index contributed by atoms with van der Waals surface area (Å²) in [6.07, 6.45) is 5.12. The monoisotopic (exact) mass is 413 g/mol. The number of pyridine rings is 1. The first kappa shape index (κ1) is 19.9. The summed E-state index contributed by atoms with van der Waals surface area (Å²) >= 11 is 5.95. The fourth-order valence-electron chi connectivity index (χ4n) is 4.11. The average Bonchev–Trinajstić information content (AvgIpc) is 3.15. The molecular formula is C22H24ClN3O3. The number of nitrogens with one attached hydrogen (secondary N) is 1. The Morgan fingerprint density at radius 3 is 2.72 bits per heavy atom. The third-order valence-corrected chi connectivity index (χ3v) is 6.00. The maximum atomic E-state index is 12.6. The molecule has 2 amide bonds. The van der Waals surface area contributed by atoms with E-state index in [0.29, 0.717) is 35.9 Å². The Morgan fingerprint density at radius 2 is 2.00 bits per heavy atom. The summed E-state index contributed by atoms with van der Waals surface area (Å²) in [6.45, 7) is 1.80. The second-order valence-electron chi connectivity index (χ2n) is 7.69. The van der Waals surface area contributed by atoms with Crippen LogP contribution in [0.15, 0.2) is 48.7 Å². The van der Waals surface area contributed by atoms with Gasteiger partial charge in [-0.15, -0.1) is 0 Å². The molecule has 1 N–H and O–H groups in total. The molecule has 1 spiro atoms. The second kappa shape index (κ2) is 8.51. The minimum Gasteiger partial charge on any atom is -0.370 e. The van der Waals surface area contributed by atoms with E-state index in [4.69, 9.17) is 16.3 Å². The number of piperidine rings is 1. The normalized spacial score (nSPS) is 20.6. The standard InChI is InChI=1S/C22H24ClN3O3/c23-17-5-3-4-16(14-17)20(27)25-15-18-7-8-22(29-18)9-12-26(13-10-22)21(28)19-6-1-2-11-24-19/h1-6,11,14,18H,7-10,12-13,15H2,(H,25,27). The molecule has 2 saturated heterocycles. The van der Waals surface area contributed by atoms with Crippen LogP contribution in [0.5, 0.6) is 0 Å². The molecule has 1 unspecified atom stereocenters. The molecule has 2 aliphatic heterocycles. The molecule has 3 heterocycles. The summed E-state index contributed by atoms with van der Waals surface area (Å²) in [5.41, 5.74) is 0.843. The van der Waals surface area contributed by atoms with Crippen molar-refractivity contribution >= 4 is 23.4 Å². The van der Waals surface area contributed by atoms with Crippen LogP contribution < -0.4 is 5.32 Å². The van der Waals surface area contributed by atoms with Crippen LogP contribution in [0, 0.1) is 0 Å². The summed E-state index contributed by atoms with van der Waals surface area (Å²) in [5, 5.41) is 3.49. The van der Waals surface area contributed by atoms with E-state index >= 15 is 0 Å². The molecule has 0 saturated carbocycles. The van der Waals surface area contributed by atoms with Crippen molar-refractivity contribution in [2.24, 2.45) is 0 Å². The molecule has 6 nitrogen and oxygen atoms in total. The minimum atomic E-state index is -0.188. The molecule has 1 aromatic heterocycles. The lowest BCUT2D eigenvalue weighted by Crippen LogP contribution is -2.47. The molecule has 4 rings (SSSR count). The Morgan fingerprint density at radius 1 is 1.17 bits per heavy atom. The van der Waals surface area contributed by atoms with E-state index in [2.05, 4.69) is 10.3 Å². The predicted molar refractivity (Wildman–Crippen MR) is 110 cm³/mol. The van der Waals surface area contributed by atoms with Crippen LogP contribution in [0.3, 0.4) is 0 Å². The summed E-state index contributed by atoms with van der Waals surface area (Å²) in [4.78, 5) is 30.9. The number of nitrogens with zero attached hydrogens (tertiary/aromatic N) is 2. The van der Waals surface area contributed by atoms with Gasteiger partial charge in [-0.05, 0) is 56.0 Å². The van der Waals surface area contributed by atoms with Gasteiger partial charge in [-0.25, -0.2) is 0 Å². The number of benzene rings is 1. The molecule has 2 fully saturated rings. The van der Waals surface area contributed by atoms with E-state index in [9.17, 15) is 9.59 Å². The van der Waals surface area contributed by atoms with Crippen LogP contribution in [-0.4, -0.2) is 53.0 Å². The topological polar surface area (TPSA) is 71.5 Å². The number of hydrogen-bond acceptors (Lipinski definition) is 4. The first-order valence-corrected chi connectivity index (χ1v) is 10.3. The molecule has 2 aromatic rings. The van der Waals surface area contributed by atoms with Crippen LogP contribution >= 0.6 is 11.6 Å². The first-order chi connectivity index (χ1) is 14.0. The van der Waals surface area contributed by atoms with Crippen LogP contribution in [0.4, 0.5) is 0 Å². The fourth-order valence-corrected chi connectivity index (χ4v) is 4.30. The van der Waals surface area contributed by atoms with Crippen molar-refractivity contribution in [3.05, 3.63) is 64.9 Å². The van der Waals surface area contributed by atoms with Gasteiger partial charge in [0.05, 0.1) is 11.7 Å². The zero-order chi connectivity index (χ0) is 20.3. The maximum absolute atomic E-state index is 12.6. The SMILES string of the molecule is O=C(NCC1CCC2(CCN(C(=O)c3ccccn3)CC2)O1)c1cccc(Cl)c1. The highest BCUT2D eigenvalue weighted by Crippen LogP contribution is 2.39. The maximum Gasteiger partial charge on any atom is 0.272 e. The average molecular weight is 414 g/mol. The Bertz CT molecular complexity index is 882. The van der Waals surface area contributed by atoms with Gasteiger partial charge in [0.25, 0.3) is 11.8 Å². The molecule has 1 aromatic carbocycles. The van der Waals surface area contributed by atoms with Gasteiger partial charge in [0, 0.05) is 36.4 Å². The van der Waals surface area contributed by atoms with Crippen LogP contribution in [0.2, 0.25) is 5.02 Å². The molecule has 152 valence electrons. The number of carbonyl (C=O) groups is 2. The molecule has 0 radical (unpaired) electrons. The lowest BCUT2D eigenvalue weighted by molar-refractivity contribution is -0.0712. The van der Waals surface area contributed by atoms with Crippen molar-refractivity contribution in [3.63, 3.8) is 0 Å². The third-order valence-electron chi connectivity index (χ3n) is 5.76. The van der Waals surface area contributed by atoms with E-state index in [1.54, 1.807) is 42.6 Å². The number of likely N-dealkylation sites (tertiary alicyclic amines) is 1. The Hall–Kier alpha value is -2.44. The Labute approximate surface area is 175 Å². The van der Waals surface area contributed by atoms with Gasteiger partial charge in [0.1, 0.15) is 5.69 Å². The minimum absolute atomic E-state index is 0.00354. The molecular weight excluding hydrogens is 390 g/mol. The van der Waals surface area contributed by atoms with Crippen molar-refractivity contribution < 1.29 is 14.3 Å². The number of hydrogen-bond donors (Lipinski definition) is 1. The van der Waals surface area contributed by atoms with Gasteiger partial charge in [0.15, 0.2) is 0 Å². The highest BCUT2D eigenvalue weighted by atomic mass is 35.5. The summed E-state index contributed by atoms with van der Waals surface area (Å²) < 4.78 is 6.34. The van der Waals surface area contributed by atoms with Gasteiger partial charge in [-0.3, -0.25) is 14.6 Å². The zero-order valence-electron chi connectivity index (χ0n) is 16.1. The summed E-state index contributed by atoms with van der Waals surface area (Å²) in [6, 6.07) is 12.3. The van der Waals surface area contributed by atoms with Crippen LogP contribution in [-0.2, 0) is 4.74 Å². The van der Waals surface area contributed by atoms with Crippen molar-refractivity contribution in [1.29, 1.82) is 0 Å². The third kappa shape index (κ3) is 4.60. The molecule has 1 atom stereocenters. The number of aromatic nitrogens is 1. The lowest BCUT2D eigenvalue weighted by atomic mass is 9.88. The van der Waals surface area contributed by atoms with Crippen molar-refractivity contribution in [3.8, 4) is 0 Å². The summed E-state index contributed by atoms with van der Waals surface area (Å²) in [5.74, 6) is -0.170. The predicted octanol–water partition coefficient (Wildman–Crippen LogP) is 3.32. The number of ether oxygens (including phenoxy) is 1. The number of rotatable bonds is 4. The van der Waals surface area contributed by atoms with E-state index in [1.165, 1.54) is 0 Å². The smallest absolute Gasteiger partial charge is 0.272 e. The van der Waals surface area contributed by atoms with Gasteiger partial charge in [-0.1, -0.05) is 23.7 Å². The van der Waals surface area contributed by atoms with Crippen molar-refractivity contribution in [2.75, 3.05) is 19.6 Å². The second-order valence-corrected chi connectivity index (χ2v) is 8.13. The van der Waals surface area contributed by atoms with Crippen molar-refractivity contribution in [1.82, 2.24) is 15.2 Å². The number of halogens is 1. The van der Waals surface area contributed by atoms with Crippen LogP contribution in [0.1, 0.15) is 46.5 Å². The molecule has 7 heteroatoms. The Balaban J connectivity index is 1.27. The van der Waals surface area contributed by atoms with Gasteiger partial charge >= 0.3 is 0 Å². The fraction of sp³-hybridized carbons (Fsp3) is 0.409. The van der Waals surface area contributed by atoms with E-state index in [-0.39, 0.29) is 23.5 Å². The van der Waals surface area contributed by atoms with Gasteiger partial charge < -0.3 is 15.0 Å². The Kier molecular flexibility index (Phi) is 5.83. The van der Waals surface area contributed by atoms with Gasteiger partial charge in [0.2, 0.25) is 0 Å². The quantitative estimate of drug-likeness (QED) is 0.834. The van der Waals surface area contributed by atoms with E-state index in [0.717, 1.165) is 25.7 Å². The van der Waals surface area contributed by atoms with E-state index < -0.39 is 0 Å². The highest BCUT2D eigenvalue weighted by molar-refractivity contribution is 6.30. The van der Waals surface area contributed by atoms with Crippen LogP contribution in [0.25, 0.3) is 0 Å². The molecule has 0 aliphatic carbocycles. The largest absolute Gasteiger partial charge is 0.370 e. The lowest BCUT2D eigenvalue weighted by Gasteiger charge is -2.39. The van der Waals surface area contributed by atoms with Gasteiger partial charge in [-0.2, -0.15) is 0 Å². The van der Waals surface area contributed by atoms with E-state index in [1.807, 2.05) is 11.0 Å². The molecule has 29 heavy (non-hydrogen) atoms. The zero-order valence-corrected chi connectivity index (χ0v) is 16.9. The summed E-state index contributed by atoms with van der Waals surface area (Å²) in [7, 11) is 0.